The van der Waals surface area contributed by atoms with Gasteiger partial charge in [-0.1, -0.05) is 20.8 Å². The van der Waals surface area contributed by atoms with E-state index in [9.17, 15) is 0 Å². The lowest BCUT2D eigenvalue weighted by atomic mass is 9.84. The van der Waals surface area contributed by atoms with Crippen molar-refractivity contribution in [2.24, 2.45) is 11.3 Å². The third kappa shape index (κ3) is 4.19. The van der Waals surface area contributed by atoms with E-state index in [2.05, 4.69) is 31.0 Å². The average Bonchev–Trinajstić information content (AvgIpc) is 2.58. The van der Waals surface area contributed by atoms with Crippen molar-refractivity contribution in [3.63, 3.8) is 0 Å². The monoisotopic (exact) mass is 258 g/mol. The van der Waals surface area contributed by atoms with E-state index in [4.69, 9.17) is 10.2 Å². The van der Waals surface area contributed by atoms with E-state index >= 15 is 0 Å². The molecule has 2 unspecified atom stereocenters. The Labute approximate surface area is 111 Å². The number of aliphatic hydroxyl groups is 2. The van der Waals surface area contributed by atoms with Gasteiger partial charge < -0.3 is 15.5 Å². The van der Waals surface area contributed by atoms with Crippen molar-refractivity contribution in [1.29, 1.82) is 0 Å². The van der Waals surface area contributed by atoms with Crippen LogP contribution >= 0.6 is 0 Å². The van der Waals surface area contributed by atoms with Crippen LogP contribution in [0.25, 0.3) is 0 Å². The van der Waals surface area contributed by atoms with Crippen molar-refractivity contribution < 1.29 is 10.2 Å². The first kappa shape index (κ1) is 15.9. The molecule has 1 aliphatic rings. The Bertz CT molecular complexity index is 228. The van der Waals surface area contributed by atoms with Crippen LogP contribution in [0.1, 0.15) is 33.6 Å². The highest BCUT2D eigenvalue weighted by molar-refractivity contribution is 4.96. The molecule has 1 saturated carbocycles. The van der Waals surface area contributed by atoms with Gasteiger partial charge in [0.25, 0.3) is 0 Å². The van der Waals surface area contributed by atoms with Gasteiger partial charge in [-0.3, -0.25) is 4.90 Å². The highest BCUT2D eigenvalue weighted by atomic mass is 16.3. The van der Waals surface area contributed by atoms with Crippen LogP contribution in [-0.2, 0) is 0 Å². The van der Waals surface area contributed by atoms with Crippen LogP contribution in [0.5, 0.6) is 0 Å². The Morgan fingerprint density at radius 2 is 1.83 bits per heavy atom. The molecule has 0 saturated heterocycles. The molecule has 3 N–H and O–H groups in total. The smallest absolute Gasteiger partial charge is 0.0558 e. The van der Waals surface area contributed by atoms with E-state index in [0.29, 0.717) is 30.5 Å². The number of rotatable bonds is 8. The fraction of sp³-hybridized carbons (Fsp3) is 1.00. The van der Waals surface area contributed by atoms with Crippen molar-refractivity contribution in [1.82, 2.24) is 10.2 Å². The first-order valence-electron chi connectivity index (χ1n) is 7.22. The SMILES string of the molecule is CCNC1C(CN(CCO)CCO)CCC1(C)C. The van der Waals surface area contributed by atoms with Crippen molar-refractivity contribution >= 4 is 0 Å². The van der Waals surface area contributed by atoms with Crippen LogP contribution < -0.4 is 5.32 Å². The molecule has 0 aromatic heterocycles. The molecule has 1 fully saturated rings. The second kappa shape index (κ2) is 7.43. The Morgan fingerprint density at radius 1 is 1.22 bits per heavy atom. The van der Waals surface area contributed by atoms with Crippen LogP contribution in [0.3, 0.4) is 0 Å². The molecular weight excluding hydrogens is 228 g/mol. The Morgan fingerprint density at radius 3 is 2.33 bits per heavy atom. The third-order valence-electron chi connectivity index (χ3n) is 4.22. The predicted molar refractivity (Wildman–Crippen MR) is 74.6 cm³/mol. The van der Waals surface area contributed by atoms with Gasteiger partial charge in [0.1, 0.15) is 0 Å². The minimum absolute atomic E-state index is 0.169. The standard InChI is InChI=1S/C14H30N2O2/c1-4-15-13-12(5-6-14(13,2)3)11-16(7-9-17)8-10-18/h12-13,15,17-18H,4-11H2,1-3H3. The minimum atomic E-state index is 0.169. The van der Waals surface area contributed by atoms with E-state index in [-0.39, 0.29) is 13.2 Å². The largest absolute Gasteiger partial charge is 0.395 e. The topological polar surface area (TPSA) is 55.7 Å². The summed E-state index contributed by atoms with van der Waals surface area (Å²) < 4.78 is 0. The van der Waals surface area contributed by atoms with E-state index in [1.54, 1.807) is 0 Å². The fourth-order valence-electron chi connectivity index (χ4n) is 3.29. The molecule has 0 aliphatic heterocycles. The summed E-state index contributed by atoms with van der Waals surface area (Å²) in [5.41, 5.74) is 0.352. The van der Waals surface area contributed by atoms with Gasteiger partial charge >= 0.3 is 0 Å². The van der Waals surface area contributed by atoms with Gasteiger partial charge in [-0.15, -0.1) is 0 Å². The average molecular weight is 258 g/mol. The quantitative estimate of drug-likeness (QED) is 0.599. The van der Waals surface area contributed by atoms with Gasteiger partial charge in [0.05, 0.1) is 13.2 Å². The number of hydrogen-bond donors (Lipinski definition) is 3. The highest BCUT2D eigenvalue weighted by Gasteiger charge is 2.41. The molecule has 0 aromatic carbocycles. The highest BCUT2D eigenvalue weighted by Crippen LogP contribution is 2.41. The number of aliphatic hydroxyl groups excluding tert-OH is 2. The molecule has 4 nitrogen and oxygen atoms in total. The molecule has 0 spiro atoms. The summed E-state index contributed by atoms with van der Waals surface area (Å²) in [4.78, 5) is 2.18. The van der Waals surface area contributed by atoms with Gasteiger partial charge in [-0.2, -0.15) is 0 Å². The van der Waals surface area contributed by atoms with Gasteiger partial charge in [0.2, 0.25) is 0 Å². The van der Waals surface area contributed by atoms with Crippen molar-refractivity contribution in [2.45, 2.75) is 39.7 Å². The molecular formula is C14H30N2O2. The lowest BCUT2D eigenvalue weighted by molar-refractivity contribution is 0.131. The van der Waals surface area contributed by atoms with Crippen LogP contribution in [-0.4, -0.2) is 60.5 Å². The molecule has 0 aromatic rings. The summed E-state index contributed by atoms with van der Waals surface area (Å²) in [6.07, 6.45) is 2.49. The van der Waals surface area contributed by atoms with Crippen molar-refractivity contribution in [2.75, 3.05) is 39.4 Å². The van der Waals surface area contributed by atoms with E-state index in [0.717, 1.165) is 13.1 Å². The predicted octanol–water partition coefficient (Wildman–Crippen LogP) is 0.687. The molecule has 0 bridgehead atoms. The summed E-state index contributed by atoms with van der Waals surface area (Å²) >= 11 is 0. The molecule has 108 valence electrons. The molecule has 0 amide bonds. The van der Waals surface area contributed by atoms with Crippen LogP contribution in [0.4, 0.5) is 0 Å². The second-order valence-electron chi connectivity index (χ2n) is 6.07. The molecule has 18 heavy (non-hydrogen) atoms. The van der Waals surface area contributed by atoms with Crippen molar-refractivity contribution in [3.8, 4) is 0 Å². The van der Waals surface area contributed by atoms with Crippen molar-refractivity contribution in [3.05, 3.63) is 0 Å². The number of hydrogen-bond acceptors (Lipinski definition) is 4. The third-order valence-corrected chi connectivity index (χ3v) is 4.22. The summed E-state index contributed by atoms with van der Waals surface area (Å²) in [5.74, 6) is 0.623. The molecule has 4 heteroatoms. The fourth-order valence-corrected chi connectivity index (χ4v) is 3.29. The van der Waals surface area contributed by atoms with Gasteiger partial charge in [0, 0.05) is 25.7 Å². The number of nitrogens with zero attached hydrogens (tertiary/aromatic N) is 1. The molecule has 2 atom stereocenters. The summed E-state index contributed by atoms with van der Waals surface area (Å²) in [7, 11) is 0. The zero-order chi connectivity index (χ0) is 13.6. The first-order valence-corrected chi connectivity index (χ1v) is 7.22. The maximum atomic E-state index is 9.07. The minimum Gasteiger partial charge on any atom is -0.395 e. The molecule has 1 aliphatic carbocycles. The second-order valence-corrected chi connectivity index (χ2v) is 6.07. The van der Waals surface area contributed by atoms with Crippen LogP contribution in [0.2, 0.25) is 0 Å². The maximum absolute atomic E-state index is 9.07. The van der Waals surface area contributed by atoms with Crippen LogP contribution in [0, 0.1) is 11.3 Å². The van der Waals surface area contributed by atoms with Gasteiger partial charge in [-0.25, -0.2) is 0 Å². The zero-order valence-corrected chi connectivity index (χ0v) is 12.2. The lowest BCUT2D eigenvalue weighted by Crippen LogP contribution is -2.46. The molecule has 1 rings (SSSR count). The number of nitrogens with one attached hydrogen (secondary N) is 1. The van der Waals surface area contributed by atoms with Gasteiger partial charge in [0.15, 0.2) is 0 Å². The maximum Gasteiger partial charge on any atom is 0.0558 e. The molecule has 0 heterocycles. The van der Waals surface area contributed by atoms with E-state index in [1.807, 2.05) is 0 Å². The van der Waals surface area contributed by atoms with E-state index in [1.165, 1.54) is 12.8 Å². The first-order chi connectivity index (χ1) is 8.55. The summed E-state index contributed by atoms with van der Waals surface area (Å²) in [6, 6.07) is 0.544. The Kier molecular flexibility index (Phi) is 6.57. The van der Waals surface area contributed by atoms with Gasteiger partial charge in [-0.05, 0) is 30.7 Å². The normalized spacial score (nSPS) is 27.0. The Balaban J connectivity index is 2.58. The summed E-state index contributed by atoms with van der Waals surface area (Å²) in [5, 5.41) is 21.8. The molecule has 0 radical (unpaired) electrons. The van der Waals surface area contributed by atoms with E-state index < -0.39 is 0 Å². The van der Waals surface area contributed by atoms with Crippen LogP contribution in [0.15, 0.2) is 0 Å². The zero-order valence-electron chi connectivity index (χ0n) is 12.2. The Hall–Kier alpha value is -0.160. The lowest BCUT2D eigenvalue weighted by Gasteiger charge is -2.34. The summed E-state index contributed by atoms with van der Waals surface area (Å²) in [6.45, 7) is 10.5.